The molecule has 0 spiro atoms. The second-order valence-electron chi connectivity index (χ2n) is 4.64. The molecule has 1 aliphatic heterocycles. The lowest BCUT2D eigenvalue weighted by Gasteiger charge is -2.35. The van der Waals surface area contributed by atoms with Crippen LogP contribution in [0.25, 0.3) is 0 Å². The van der Waals surface area contributed by atoms with Crippen molar-refractivity contribution < 1.29 is 8.42 Å². The molecule has 0 saturated heterocycles. The molecule has 1 heterocycles. The Bertz CT molecular complexity index is 523. The lowest BCUT2D eigenvalue weighted by molar-refractivity contribution is 0.601. The SMILES string of the molecule is CC(C)N1CCNc2c1cccc2S(C)(=O)=O. The largest absolute Gasteiger partial charge is 0.381 e. The van der Waals surface area contributed by atoms with Gasteiger partial charge in [0.1, 0.15) is 0 Å². The minimum Gasteiger partial charge on any atom is -0.381 e. The standard InChI is InChI=1S/C12H18N2O2S/c1-9(2)14-8-7-13-12-10(14)5-4-6-11(12)17(3,15)16/h4-6,9,13H,7-8H2,1-3H3. The highest BCUT2D eigenvalue weighted by Gasteiger charge is 2.24. The van der Waals surface area contributed by atoms with Crippen molar-refractivity contribution in [1.29, 1.82) is 0 Å². The van der Waals surface area contributed by atoms with Gasteiger partial charge in [-0.15, -0.1) is 0 Å². The van der Waals surface area contributed by atoms with E-state index in [1.165, 1.54) is 6.26 Å². The van der Waals surface area contributed by atoms with E-state index in [0.717, 1.165) is 24.5 Å². The van der Waals surface area contributed by atoms with Gasteiger partial charge >= 0.3 is 0 Å². The van der Waals surface area contributed by atoms with Gasteiger partial charge in [0.2, 0.25) is 0 Å². The van der Waals surface area contributed by atoms with E-state index in [9.17, 15) is 8.42 Å². The second-order valence-corrected chi connectivity index (χ2v) is 6.62. The Hall–Kier alpha value is -1.23. The van der Waals surface area contributed by atoms with E-state index in [1.54, 1.807) is 12.1 Å². The molecule has 0 saturated carbocycles. The summed E-state index contributed by atoms with van der Waals surface area (Å²) in [7, 11) is -3.18. The quantitative estimate of drug-likeness (QED) is 0.873. The van der Waals surface area contributed by atoms with Gasteiger partial charge in [-0.3, -0.25) is 0 Å². The maximum atomic E-state index is 11.7. The molecule has 17 heavy (non-hydrogen) atoms. The average molecular weight is 254 g/mol. The van der Waals surface area contributed by atoms with Crippen molar-refractivity contribution in [3.8, 4) is 0 Å². The number of para-hydroxylation sites is 1. The summed E-state index contributed by atoms with van der Waals surface area (Å²) in [5.41, 5.74) is 1.73. The number of anilines is 2. The van der Waals surface area contributed by atoms with Crippen molar-refractivity contribution in [1.82, 2.24) is 0 Å². The van der Waals surface area contributed by atoms with Gasteiger partial charge in [0.25, 0.3) is 0 Å². The van der Waals surface area contributed by atoms with E-state index in [1.807, 2.05) is 6.07 Å². The van der Waals surface area contributed by atoms with E-state index in [-0.39, 0.29) is 0 Å². The van der Waals surface area contributed by atoms with Gasteiger partial charge < -0.3 is 10.2 Å². The Morgan fingerprint density at radius 2 is 2.06 bits per heavy atom. The zero-order valence-electron chi connectivity index (χ0n) is 10.4. The number of fused-ring (bicyclic) bond motifs is 1. The zero-order chi connectivity index (χ0) is 12.6. The maximum Gasteiger partial charge on any atom is 0.177 e. The summed E-state index contributed by atoms with van der Waals surface area (Å²) in [6.07, 6.45) is 1.25. The van der Waals surface area contributed by atoms with Gasteiger partial charge in [0.05, 0.1) is 16.3 Å². The van der Waals surface area contributed by atoms with Crippen LogP contribution in [-0.2, 0) is 9.84 Å². The van der Waals surface area contributed by atoms with E-state index in [4.69, 9.17) is 0 Å². The van der Waals surface area contributed by atoms with Crippen LogP contribution in [0.5, 0.6) is 0 Å². The van der Waals surface area contributed by atoms with Crippen molar-refractivity contribution in [2.45, 2.75) is 24.8 Å². The molecule has 0 aliphatic carbocycles. The highest BCUT2D eigenvalue weighted by atomic mass is 32.2. The molecule has 0 aromatic heterocycles. The first-order valence-electron chi connectivity index (χ1n) is 5.75. The summed E-state index contributed by atoms with van der Waals surface area (Å²) in [6.45, 7) is 5.90. The normalized spacial score (nSPS) is 15.6. The average Bonchev–Trinajstić information content (AvgIpc) is 2.26. The number of hydrogen-bond acceptors (Lipinski definition) is 4. The number of nitrogens with zero attached hydrogens (tertiary/aromatic N) is 1. The van der Waals surface area contributed by atoms with Crippen LogP contribution >= 0.6 is 0 Å². The molecule has 4 nitrogen and oxygen atoms in total. The molecule has 0 atom stereocenters. The Labute approximate surface area is 103 Å². The summed E-state index contributed by atoms with van der Waals surface area (Å²) < 4.78 is 23.4. The fourth-order valence-electron chi connectivity index (χ4n) is 2.20. The predicted octanol–water partition coefficient (Wildman–Crippen LogP) is 1.73. The molecule has 0 radical (unpaired) electrons. The van der Waals surface area contributed by atoms with E-state index < -0.39 is 9.84 Å². The van der Waals surface area contributed by atoms with Crippen LogP contribution < -0.4 is 10.2 Å². The van der Waals surface area contributed by atoms with Crippen molar-refractivity contribution in [3.05, 3.63) is 18.2 Å². The number of sulfone groups is 1. The Morgan fingerprint density at radius 1 is 1.35 bits per heavy atom. The van der Waals surface area contributed by atoms with Crippen LogP contribution in [0, 0.1) is 0 Å². The first-order chi connectivity index (χ1) is 7.91. The molecule has 1 aromatic carbocycles. The minimum absolute atomic E-state index is 0.366. The molecule has 2 rings (SSSR count). The smallest absolute Gasteiger partial charge is 0.177 e. The number of benzene rings is 1. The van der Waals surface area contributed by atoms with Crippen LogP contribution in [0.3, 0.4) is 0 Å². The molecular formula is C12H18N2O2S. The van der Waals surface area contributed by atoms with Crippen molar-refractivity contribution >= 4 is 21.2 Å². The van der Waals surface area contributed by atoms with Crippen LogP contribution in [0.2, 0.25) is 0 Å². The molecule has 0 fully saturated rings. The van der Waals surface area contributed by atoms with E-state index in [0.29, 0.717) is 10.9 Å². The molecule has 0 bridgehead atoms. The van der Waals surface area contributed by atoms with Crippen molar-refractivity contribution in [2.24, 2.45) is 0 Å². The van der Waals surface area contributed by atoms with E-state index in [2.05, 4.69) is 24.1 Å². The summed E-state index contributed by atoms with van der Waals surface area (Å²) in [6, 6.07) is 5.80. The highest BCUT2D eigenvalue weighted by molar-refractivity contribution is 7.90. The first-order valence-corrected chi connectivity index (χ1v) is 7.64. The summed E-state index contributed by atoms with van der Waals surface area (Å²) in [4.78, 5) is 2.61. The van der Waals surface area contributed by atoms with Gasteiger partial charge in [0, 0.05) is 25.4 Å². The van der Waals surface area contributed by atoms with Crippen molar-refractivity contribution in [3.63, 3.8) is 0 Å². The Balaban J connectivity index is 2.59. The third kappa shape index (κ3) is 2.24. The Morgan fingerprint density at radius 3 is 2.65 bits per heavy atom. The molecule has 94 valence electrons. The van der Waals surface area contributed by atoms with Crippen molar-refractivity contribution in [2.75, 3.05) is 29.6 Å². The van der Waals surface area contributed by atoms with E-state index >= 15 is 0 Å². The lowest BCUT2D eigenvalue weighted by atomic mass is 10.1. The topological polar surface area (TPSA) is 49.4 Å². The number of hydrogen-bond donors (Lipinski definition) is 1. The maximum absolute atomic E-state index is 11.7. The van der Waals surface area contributed by atoms with Gasteiger partial charge in [0.15, 0.2) is 9.84 Å². The highest BCUT2D eigenvalue weighted by Crippen LogP contribution is 2.35. The van der Waals surface area contributed by atoms with Gasteiger partial charge in [-0.25, -0.2) is 8.42 Å². The second kappa shape index (κ2) is 4.22. The van der Waals surface area contributed by atoms with Crippen LogP contribution in [0.15, 0.2) is 23.1 Å². The molecular weight excluding hydrogens is 236 g/mol. The van der Waals surface area contributed by atoms with Crippen LogP contribution in [-0.4, -0.2) is 33.8 Å². The van der Waals surface area contributed by atoms with Crippen LogP contribution in [0.4, 0.5) is 11.4 Å². The van der Waals surface area contributed by atoms with Gasteiger partial charge in [-0.2, -0.15) is 0 Å². The molecule has 0 unspecified atom stereocenters. The van der Waals surface area contributed by atoms with Gasteiger partial charge in [-0.1, -0.05) is 6.07 Å². The Kier molecular flexibility index (Phi) is 3.03. The summed E-state index contributed by atoms with van der Waals surface area (Å²) in [5, 5.41) is 3.20. The third-order valence-electron chi connectivity index (χ3n) is 2.99. The fraction of sp³-hybridized carbons (Fsp3) is 0.500. The molecule has 5 heteroatoms. The minimum atomic E-state index is -3.18. The van der Waals surface area contributed by atoms with Gasteiger partial charge in [-0.05, 0) is 26.0 Å². The van der Waals surface area contributed by atoms with Crippen LogP contribution in [0.1, 0.15) is 13.8 Å². The summed E-state index contributed by atoms with van der Waals surface area (Å²) in [5.74, 6) is 0. The molecule has 1 aliphatic rings. The monoisotopic (exact) mass is 254 g/mol. The number of rotatable bonds is 2. The number of nitrogens with one attached hydrogen (secondary N) is 1. The fourth-order valence-corrected chi connectivity index (χ4v) is 3.08. The lowest BCUT2D eigenvalue weighted by Crippen LogP contribution is -2.39. The zero-order valence-corrected chi connectivity index (χ0v) is 11.2. The first kappa shape index (κ1) is 12.2. The molecule has 1 aromatic rings. The third-order valence-corrected chi connectivity index (χ3v) is 4.13. The summed E-state index contributed by atoms with van der Waals surface area (Å²) >= 11 is 0. The molecule has 0 amide bonds. The predicted molar refractivity (Wildman–Crippen MR) is 70.5 cm³/mol. The molecule has 1 N–H and O–H groups in total.